The third-order valence-corrected chi connectivity index (χ3v) is 4.07. The van der Waals surface area contributed by atoms with Crippen molar-refractivity contribution < 1.29 is 9.47 Å². The Kier molecular flexibility index (Phi) is 6.41. The number of hydrogen-bond donors (Lipinski definition) is 2. The number of nitrogens with one attached hydrogen (secondary N) is 1. The Hall–Kier alpha value is -0.160. The summed E-state index contributed by atoms with van der Waals surface area (Å²) in [5.41, 5.74) is 2.88. The van der Waals surface area contributed by atoms with Crippen molar-refractivity contribution in [2.45, 2.75) is 57.1 Å². The lowest BCUT2D eigenvalue weighted by Gasteiger charge is -2.44. The molecule has 3 unspecified atom stereocenters. The van der Waals surface area contributed by atoms with Gasteiger partial charge in [-0.1, -0.05) is 19.8 Å². The molecule has 0 radical (unpaired) electrons. The summed E-state index contributed by atoms with van der Waals surface area (Å²) >= 11 is 0. The lowest BCUT2D eigenvalue weighted by molar-refractivity contribution is -0.0820. The second kappa shape index (κ2) is 7.31. The van der Waals surface area contributed by atoms with E-state index in [4.69, 9.17) is 15.3 Å². The first-order valence-corrected chi connectivity index (χ1v) is 6.68. The minimum absolute atomic E-state index is 0.0832. The molecule has 3 atom stereocenters. The SMILES string of the molecule is COCCCC(NN)C1(OC)CCCC(C)C1. The number of rotatable bonds is 7. The smallest absolute Gasteiger partial charge is 0.0846 e. The molecule has 3 N–H and O–H groups in total. The maximum absolute atomic E-state index is 5.85. The second-order valence-corrected chi connectivity index (χ2v) is 5.32. The summed E-state index contributed by atoms with van der Waals surface area (Å²) in [7, 11) is 3.55. The highest BCUT2D eigenvalue weighted by molar-refractivity contribution is 4.96. The molecule has 102 valence electrons. The van der Waals surface area contributed by atoms with E-state index in [-0.39, 0.29) is 11.6 Å². The van der Waals surface area contributed by atoms with Gasteiger partial charge in [0.05, 0.1) is 11.6 Å². The van der Waals surface area contributed by atoms with Crippen molar-refractivity contribution in [3.8, 4) is 0 Å². The molecule has 0 heterocycles. The number of methoxy groups -OCH3 is 2. The topological polar surface area (TPSA) is 56.5 Å². The van der Waals surface area contributed by atoms with Crippen molar-refractivity contribution in [1.82, 2.24) is 5.43 Å². The van der Waals surface area contributed by atoms with Crippen LogP contribution >= 0.6 is 0 Å². The van der Waals surface area contributed by atoms with E-state index in [1.54, 1.807) is 7.11 Å². The van der Waals surface area contributed by atoms with E-state index in [9.17, 15) is 0 Å². The Labute approximate surface area is 105 Å². The zero-order valence-corrected chi connectivity index (χ0v) is 11.5. The molecule has 1 rings (SSSR count). The van der Waals surface area contributed by atoms with Gasteiger partial charge in [-0.2, -0.15) is 0 Å². The van der Waals surface area contributed by atoms with E-state index in [0.717, 1.165) is 38.2 Å². The maximum atomic E-state index is 5.85. The van der Waals surface area contributed by atoms with Crippen molar-refractivity contribution in [2.24, 2.45) is 11.8 Å². The van der Waals surface area contributed by atoms with Gasteiger partial charge in [0.25, 0.3) is 0 Å². The van der Waals surface area contributed by atoms with Crippen molar-refractivity contribution >= 4 is 0 Å². The summed E-state index contributed by atoms with van der Waals surface area (Å²) < 4.78 is 11.0. The van der Waals surface area contributed by atoms with E-state index >= 15 is 0 Å². The van der Waals surface area contributed by atoms with Gasteiger partial charge in [-0.05, 0) is 31.6 Å². The Morgan fingerprint density at radius 2 is 2.24 bits per heavy atom. The van der Waals surface area contributed by atoms with Crippen molar-refractivity contribution in [3.05, 3.63) is 0 Å². The van der Waals surface area contributed by atoms with Crippen LogP contribution < -0.4 is 11.3 Å². The fraction of sp³-hybridized carbons (Fsp3) is 1.00. The molecule has 1 aliphatic rings. The van der Waals surface area contributed by atoms with E-state index in [0.29, 0.717) is 0 Å². The van der Waals surface area contributed by atoms with Crippen LogP contribution in [0.3, 0.4) is 0 Å². The Morgan fingerprint density at radius 3 is 2.76 bits per heavy atom. The number of nitrogens with two attached hydrogens (primary N) is 1. The molecule has 0 saturated heterocycles. The standard InChI is InChI=1S/C13H28N2O2/c1-11-6-4-8-13(10-11,17-3)12(15-14)7-5-9-16-2/h11-12,15H,4-10,14H2,1-3H3. The van der Waals surface area contributed by atoms with Crippen molar-refractivity contribution in [2.75, 3.05) is 20.8 Å². The predicted molar refractivity (Wildman–Crippen MR) is 69.6 cm³/mol. The van der Waals surface area contributed by atoms with Crippen LogP contribution in [-0.2, 0) is 9.47 Å². The highest BCUT2D eigenvalue weighted by Crippen LogP contribution is 2.38. The normalized spacial score (nSPS) is 31.4. The highest BCUT2D eigenvalue weighted by Gasteiger charge is 2.41. The van der Waals surface area contributed by atoms with Crippen LogP contribution in [0.15, 0.2) is 0 Å². The van der Waals surface area contributed by atoms with E-state index < -0.39 is 0 Å². The quantitative estimate of drug-likeness (QED) is 0.407. The maximum Gasteiger partial charge on any atom is 0.0846 e. The zero-order valence-electron chi connectivity index (χ0n) is 11.5. The molecule has 4 nitrogen and oxygen atoms in total. The van der Waals surface area contributed by atoms with Gasteiger partial charge in [-0.3, -0.25) is 11.3 Å². The molecule has 0 aromatic carbocycles. The molecular formula is C13H28N2O2. The fourth-order valence-electron chi connectivity index (χ4n) is 3.12. The van der Waals surface area contributed by atoms with Crippen LogP contribution in [0.25, 0.3) is 0 Å². The molecule has 0 spiro atoms. The fourth-order valence-corrected chi connectivity index (χ4v) is 3.12. The third kappa shape index (κ3) is 3.91. The summed E-state index contributed by atoms with van der Waals surface area (Å²) in [6.45, 7) is 3.09. The van der Waals surface area contributed by atoms with Gasteiger partial charge in [0.2, 0.25) is 0 Å². The monoisotopic (exact) mass is 244 g/mol. The first-order valence-electron chi connectivity index (χ1n) is 6.68. The average Bonchev–Trinajstić information content (AvgIpc) is 2.34. The lowest BCUT2D eigenvalue weighted by atomic mass is 9.73. The van der Waals surface area contributed by atoms with Gasteiger partial charge in [0.1, 0.15) is 0 Å². The highest BCUT2D eigenvalue weighted by atomic mass is 16.5. The Bertz CT molecular complexity index is 214. The molecule has 1 aliphatic carbocycles. The summed E-state index contributed by atoms with van der Waals surface area (Å²) in [6.07, 6.45) is 6.77. The minimum atomic E-state index is -0.0832. The molecule has 17 heavy (non-hydrogen) atoms. The molecule has 0 aromatic rings. The van der Waals surface area contributed by atoms with Crippen molar-refractivity contribution in [3.63, 3.8) is 0 Å². The summed E-state index contributed by atoms with van der Waals surface area (Å²) in [6, 6.07) is 0.227. The van der Waals surface area contributed by atoms with E-state index in [2.05, 4.69) is 12.3 Å². The predicted octanol–water partition coefficient (Wildman–Crippen LogP) is 1.84. The van der Waals surface area contributed by atoms with E-state index in [1.165, 1.54) is 12.8 Å². The van der Waals surface area contributed by atoms with Crippen molar-refractivity contribution in [1.29, 1.82) is 0 Å². The third-order valence-electron chi connectivity index (χ3n) is 4.07. The molecule has 1 saturated carbocycles. The molecular weight excluding hydrogens is 216 g/mol. The van der Waals surface area contributed by atoms with Gasteiger partial charge in [0.15, 0.2) is 0 Å². The van der Waals surface area contributed by atoms with Crippen LogP contribution in [0.5, 0.6) is 0 Å². The molecule has 0 amide bonds. The van der Waals surface area contributed by atoms with Crippen LogP contribution in [-0.4, -0.2) is 32.5 Å². The van der Waals surface area contributed by atoms with Gasteiger partial charge < -0.3 is 9.47 Å². The number of hydrazine groups is 1. The Morgan fingerprint density at radius 1 is 1.47 bits per heavy atom. The molecule has 0 aromatic heterocycles. The zero-order chi connectivity index (χ0) is 12.7. The Balaban J connectivity index is 2.60. The summed E-state index contributed by atoms with van der Waals surface area (Å²) in [5.74, 6) is 6.45. The van der Waals surface area contributed by atoms with E-state index in [1.807, 2.05) is 7.11 Å². The summed E-state index contributed by atoms with van der Waals surface area (Å²) in [5, 5.41) is 0. The minimum Gasteiger partial charge on any atom is -0.385 e. The van der Waals surface area contributed by atoms with Gasteiger partial charge in [-0.25, -0.2) is 0 Å². The van der Waals surface area contributed by atoms with Crippen LogP contribution in [0.4, 0.5) is 0 Å². The lowest BCUT2D eigenvalue weighted by Crippen LogP contribution is -2.56. The van der Waals surface area contributed by atoms with Crippen LogP contribution in [0.2, 0.25) is 0 Å². The van der Waals surface area contributed by atoms with Gasteiger partial charge >= 0.3 is 0 Å². The first kappa shape index (κ1) is 14.9. The second-order valence-electron chi connectivity index (χ2n) is 5.32. The van der Waals surface area contributed by atoms with Crippen LogP contribution in [0.1, 0.15) is 45.4 Å². The molecule has 0 bridgehead atoms. The molecule has 4 heteroatoms. The number of hydrogen-bond acceptors (Lipinski definition) is 4. The summed E-state index contributed by atoms with van der Waals surface area (Å²) in [4.78, 5) is 0. The first-order chi connectivity index (χ1) is 8.18. The van der Waals surface area contributed by atoms with Gasteiger partial charge in [0, 0.05) is 20.8 Å². The molecule has 0 aliphatic heterocycles. The van der Waals surface area contributed by atoms with Gasteiger partial charge in [-0.15, -0.1) is 0 Å². The van der Waals surface area contributed by atoms with Crippen LogP contribution in [0, 0.1) is 5.92 Å². The average molecular weight is 244 g/mol. The largest absolute Gasteiger partial charge is 0.385 e. The molecule has 1 fully saturated rings. The number of ether oxygens (including phenoxy) is 2.